The molecule has 120 valence electrons. The van der Waals surface area contributed by atoms with Gasteiger partial charge in [-0.1, -0.05) is 19.9 Å². The number of aromatic nitrogens is 1. The molecule has 23 heavy (non-hydrogen) atoms. The van der Waals surface area contributed by atoms with Gasteiger partial charge in [-0.25, -0.2) is 0 Å². The Morgan fingerprint density at radius 1 is 1.09 bits per heavy atom. The minimum absolute atomic E-state index is 0.0717. The van der Waals surface area contributed by atoms with Gasteiger partial charge < -0.3 is 15.4 Å². The quantitative estimate of drug-likeness (QED) is 0.859. The van der Waals surface area contributed by atoms with Gasteiger partial charge in [-0.05, 0) is 24.3 Å². The van der Waals surface area contributed by atoms with Crippen molar-refractivity contribution >= 4 is 23.2 Å². The van der Waals surface area contributed by atoms with Crippen LogP contribution in [-0.4, -0.2) is 23.4 Å². The van der Waals surface area contributed by atoms with Crippen LogP contribution in [0.1, 0.15) is 13.8 Å². The molecule has 0 fully saturated rings. The van der Waals surface area contributed by atoms with Crippen LogP contribution in [0, 0.1) is 5.92 Å². The Bertz CT molecular complexity index is 672. The Hall–Kier alpha value is -2.89. The van der Waals surface area contributed by atoms with Gasteiger partial charge in [0.2, 0.25) is 5.91 Å². The molecule has 0 bridgehead atoms. The maximum absolute atomic E-state index is 11.8. The second-order valence-electron chi connectivity index (χ2n) is 5.24. The smallest absolute Gasteiger partial charge is 0.262 e. The average Bonchev–Trinajstić information content (AvgIpc) is 2.54. The van der Waals surface area contributed by atoms with Crippen molar-refractivity contribution in [1.29, 1.82) is 0 Å². The molecule has 0 aliphatic carbocycles. The van der Waals surface area contributed by atoms with E-state index in [1.165, 1.54) is 0 Å². The SMILES string of the molecule is CC(C)C(=O)Nc1cccc(OCC(=O)Nc2ccncc2)c1. The highest BCUT2D eigenvalue weighted by Crippen LogP contribution is 2.18. The van der Waals surface area contributed by atoms with Gasteiger partial charge in [0, 0.05) is 35.8 Å². The fraction of sp³-hybridized carbons (Fsp3) is 0.235. The van der Waals surface area contributed by atoms with E-state index in [0.29, 0.717) is 17.1 Å². The predicted octanol–water partition coefficient (Wildman–Crippen LogP) is 2.69. The minimum Gasteiger partial charge on any atom is -0.484 e. The van der Waals surface area contributed by atoms with E-state index in [9.17, 15) is 9.59 Å². The van der Waals surface area contributed by atoms with Crippen molar-refractivity contribution in [1.82, 2.24) is 4.98 Å². The molecule has 2 rings (SSSR count). The zero-order chi connectivity index (χ0) is 16.7. The first-order chi connectivity index (χ1) is 11.0. The van der Waals surface area contributed by atoms with Gasteiger partial charge in [-0.2, -0.15) is 0 Å². The molecule has 1 aromatic carbocycles. The van der Waals surface area contributed by atoms with Crippen molar-refractivity contribution in [3.05, 3.63) is 48.8 Å². The third-order valence-corrected chi connectivity index (χ3v) is 2.96. The molecule has 1 aromatic heterocycles. The first-order valence-corrected chi connectivity index (χ1v) is 7.28. The van der Waals surface area contributed by atoms with E-state index in [2.05, 4.69) is 15.6 Å². The zero-order valence-corrected chi connectivity index (χ0v) is 13.1. The van der Waals surface area contributed by atoms with Gasteiger partial charge >= 0.3 is 0 Å². The first-order valence-electron chi connectivity index (χ1n) is 7.28. The summed E-state index contributed by atoms with van der Waals surface area (Å²) in [5.74, 6) is 0.0625. The first kappa shape index (κ1) is 16.5. The number of rotatable bonds is 6. The lowest BCUT2D eigenvalue weighted by molar-refractivity contribution is -0.119. The van der Waals surface area contributed by atoms with Gasteiger partial charge in [-0.15, -0.1) is 0 Å². The number of carbonyl (C=O) groups excluding carboxylic acids is 2. The Morgan fingerprint density at radius 2 is 1.83 bits per heavy atom. The van der Waals surface area contributed by atoms with E-state index in [0.717, 1.165) is 0 Å². The fourth-order valence-corrected chi connectivity index (χ4v) is 1.73. The number of pyridine rings is 1. The molecule has 0 aliphatic rings. The summed E-state index contributed by atoms with van der Waals surface area (Å²) in [7, 11) is 0. The van der Waals surface area contributed by atoms with E-state index in [-0.39, 0.29) is 24.3 Å². The topological polar surface area (TPSA) is 80.3 Å². The molecule has 0 unspecified atom stereocenters. The molecule has 2 N–H and O–H groups in total. The van der Waals surface area contributed by atoms with Crippen LogP contribution in [0.3, 0.4) is 0 Å². The second kappa shape index (κ2) is 7.93. The highest BCUT2D eigenvalue weighted by molar-refractivity contribution is 5.92. The van der Waals surface area contributed by atoms with E-state index < -0.39 is 0 Å². The number of nitrogens with zero attached hydrogens (tertiary/aromatic N) is 1. The van der Waals surface area contributed by atoms with Crippen LogP contribution in [0.25, 0.3) is 0 Å². The molecule has 2 amide bonds. The lowest BCUT2D eigenvalue weighted by Gasteiger charge is -2.10. The lowest BCUT2D eigenvalue weighted by Crippen LogP contribution is -2.20. The second-order valence-corrected chi connectivity index (χ2v) is 5.24. The largest absolute Gasteiger partial charge is 0.484 e. The molecule has 0 saturated carbocycles. The third-order valence-electron chi connectivity index (χ3n) is 2.96. The van der Waals surface area contributed by atoms with Crippen LogP contribution in [0.5, 0.6) is 5.75 Å². The number of anilines is 2. The fourth-order valence-electron chi connectivity index (χ4n) is 1.73. The molecule has 6 nitrogen and oxygen atoms in total. The maximum atomic E-state index is 11.8. The number of nitrogens with one attached hydrogen (secondary N) is 2. The van der Waals surface area contributed by atoms with Gasteiger partial charge in [0.05, 0.1) is 0 Å². The van der Waals surface area contributed by atoms with E-state index >= 15 is 0 Å². The molecule has 0 aliphatic heterocycles. The van der Waals surface area contributed by atoms with E-state index in [1.807, 2.05) is 13.8 Å². The molecular formula is C17H19N3O3. The summed E-state index contributed by atoms with van der Waals surface area (Å²) >= 11 is 0. The van der Waals surface area contributed by atoms with Crippen LogP contribution in [0.15, 0.2) is 48.8 Å². The number of carbonyl (C=O) groups is 2. The maximum Gasteiger partial charge on any atom is 0.262 e. The highest BCUT2D eigenvalue weighted by Gasteiger charge is 2.08. The van der Waals surface area contributed by atoms with Crippen molar-refractivity contribution in [2.45, 2.75) is 13.8 Å². The van der Waals surface area contributed by atoms with Crippen molar-refractivity contribution in [2.75, 3.05) is 17.2 Å². The summed E-state index contributed by atoms with van der Waals surface area (Å²) in [6, 6.07) is 10.3. The number of amides is 2. The van der Waals surface area contributed by atoms with E-state index in [1.54, 1.807) is 48.8 Å². The minimum atomic E-state index is -0.271. The van der Waals surface area contributed by atoms with Gasteiger partial charge in [0.1, 0.15) is 5.75 Å². The summed E-state index contributed by atoms with van der Waals surface area (Å²) in [6.07, 6.45) is 3.19. The molecular weight excluding hydrogens is 294 g/mol. The van der Waals surface area contributed by atoms with Gasteiger partial charge in [-0.3, -0.25) is 14.6 Å². The molecule has 0 spiro atoms. The number of hydrogen-bond donors (Lipinski definition) is 2. The van der Waals surface area contributed by atoms with Crippen LogP contribution in [0.4, 0.5) is 11.4 Å². The van der Waals surface area contributed by atoms with Crippen LogP contribution in [-0.2, 0) is 9.59 Å². The number of ether oxygens (including phenoxy) is 1. The summed E-state index contributed by atoms with van der Waals surface area (Å²) in [5.41, 5.74) is 1.29. The van der Waals surface area contributed by atoms with Crippen molar-refractivity contribution in [3.63, 3.8) is 0 Å². The number of benzene rings is 1. The molecule has 6 heteroatoms. The predicted molar refractivity (Wildman–Crippen MR) is 88.3 cm³/mol. The average molecular weight is 313 g/mol. The lowest BCUT2D eigenvalue weighted by atomic mass is 10.2. The Labute approximate surface area is 134 Å². The van der Waals surface area contributed by atoms with Gasteiger partial charge in [0.15, 0.2) is 6.61 Å². The molecule has 1 heterocycles. The monoisotopic (exact) mass is 313 g/mol. The van der Waals surface area contributed by atoms with Crippen LogP contribution in [0.2, 0.25) is 0 Å². The molecule has 0 atom stereocenters. The third kappa shape index (κ3) is 5.43. The Morgan fingerprint density at radius 3 is 2.52 bits per heavy atom. The normalized spacial score (nSPS) is 10.2. The molecule has 0 saturated heterocycles. The molecule has 2 aromatic rings. The summed E-state index contributed by atoms with van der Waals surface area (Å²) < 4.78 is 5.44. The summed E-state index contributed by atoms with van der Waals surface area (Å²) in [6.45, 7) is 3.52. The van der Waals surface area contributed by atoms with E-state index in [4.69, 9.17) is 4.74 Å². The van der Waals surface area contributed by atoms with Gasteiger partial charge in [0.25, 0.3) is 5.91 Å². The Kier molecular flexibility index (Phi) is 5.68. The highest BCUT2D eigenvalue weighted by atomic mass is 16.5. The van der Waals surface area contributed by atoms with Crippen molar-refractivity contribution < 1.29 is 14.3 Å². The van der Waals surface area contributed by atoms with Crippen molar-refractivity contribution in [2.24, 2.45) is 5.92 Å². The summed E-state index contributed by atoms with van der Waals surface area (Å²) in [4.78, 5) is 27.4. The summed E-state index contributed by atoms with van der Waals surface area (Å²) in [5, 5.41) is 5.48. The Balaban J connectivity index is 1.88. The standard InChI is InChI=1S/C17H19N3O3/c1-12(2)17(22)20-14-4-3-5-15(10-14)23-11-16(21)19-13-6-8-18-9-7-13/h3-10,12H,11H2,1-2H3,(H,20,22)(H,18,19,21). The van der Waals surface area contributed by atoms with Crippen molar-refractivity contribution in [3.8, 4) is 5.75 Å². The number of hydrogen-bond acceptors (Lipinski definition) is 4. The van der Waals surface area contributed by atoms with Crippen LogP contribution >= 0.6 is 0 Å². The zero-order valence-electron chi connectivity index (χ0n) is 13.1. The molecule has 0 radical (unpaired) electrons. The van der Waals surface area contributed by atoms with Crippen LogP contribution < -0.4 is 15.4 Å².